The van der Waals surface area contributed by atoms with Gasteiger partial charge in [0.05, 0.1) is 28.6 Å². The molecular formula is C13H14FN3O2S. The van der Waals surface area contributed by atoms with Crippen LogP contribution in [0.4, 0.5) is 15.8 Å². The van der Waals surface area contributed by atoms with E-state index in [9.17, 15) is 14.3 Å². The van der Waals surface area contributed by atoms with Crippen molar-refractivity contribution in [3.8, 4) is 0 Å². The Bertz CT molecular complexity index is 657. The Balaban J connectivity index is 2.36. The Hall–Kier alpha value is -2.15. The lowest BCUT2D eigenvalue weighted by molar-refractivity contribution is 0.0698. The molecule has 2 aromatic rings. The molecule has 20 heavy (non-hydrogen) atoms. The van der Waals surface area contributed by atoms with Crippen molar-refractivity contribution < 1.29 is 14.3 Å². The molecule has 1 aromatic carbocycles. The topological polar surface area (TPSA) is 79.5 Å². The van der Waals surface area contributed by atoms with Gasteiger partial charge < -0.3 is 15.7 Å². The minimum Gasteiger partial charge on any atom is -0.478 e. The van der Waals surface area contributed by atoms with E-state index in [1.807, 2.05) is 12.3 Å². The number of aromatic carboxylic acids is 1. The maximum Gasteiger partial charge on any atom is 0.340 e. The molecule has 2 rings (SSSR count). The second-order valence-electron chi connectivity index (χ2n) is 4.37. The fourth-order valence-electron chi connectivity index (χ4n) is 1.93. The van der Waals surface area contributed by atoms with Gasteiger partial charge in [0.1, 0.15) is 11.4 Å². The summed E-state index contributed by atoms with van der Waals surface area (Å²) in [6, 6.07) is 2.58. The van der Waals surface area contributed by atoms with Crippen LogP contribution in [0.15, 0.2) is 17.5 Å². The second-order valence-corrected chi connectivity index (χ2v) is 5.44. The van der Waals surface area contributed by atoms with E-state index >= 15 is 0 Å². The van der Waals surface area contributed by atoms with E-state index < -0.39 is 11.8 Å². The third-order valence-corrected chi connectivity index (χ3v) is 3.68. The standard InChI is InChI=1S/C13H14FN3O2S/c1-7-16-8(6-20-7)5-17(2)10-4-3-9(14)12(15)11(10)13(18)19/h3-4,6H,5,15H2,1-2H3,(H,18,19). The van der Waals surface area contributed by atoms with Gasteiger partial charge in [0.25, 0.3) is 0 Å². The zero-order valence-corrected chi connectivity index (χ0v) is 11.9. The minimum absolute atomic E-state index is 0.223. The number of nitrogens with zero attached hydrogens (tertiary/aromatic N) is 2. The number of nitrogen functional groups attached to an aromatic ring is 1. The number of halogens is 1. The molecule has 106 valence electrons. The molecule has 0 saturated heterocycles. The van der Waals surface area contributed by atoms with Crippen molar-refractivity contribution in [2.45, 2.75) is 13.5 Å². The van der Waals surface area contributed by atoms with Crippen LogP contribution in [0, 0.1) is 12.7 Å². The van der Waals surface area contributed by atoms with E-state index in [1.54, 1.807) is 11.9 Å². The highest BCUT2D eigenvalue weighted by Gasteiger charge is 2.20. The number of nitrogens with two attached hydrogens (primary N) is 1. The molecule has 0 aliphatic carbocycles. The van der Waals surface area contributed by atoms with Gasteiger partial charge in [-0.15, -0.1) is 11.3 Å². The number of hydrogen-bond donors (Lipinski definition) is 2. The molecule has 0 amide bonds. The van der Waals surface area contributed by atoms with Crippen LogP contribution in [-0.2, 0) is 6.54 Å². The zero-order chi connectivity index (χ0) is 14.9. The molecule has 0 spiro atoms. The first-order valence-electron chi connectivity index (χ1n) is 5.83. The van der Waals surface area contributed by atoms with Crippen molar-refractivity contribution in [3.05, 3.63) is 39.6 Å². The molecular weight excluding hydrogens is 281 g/mol. The highest BCUT2D eigenvalue weighted by Crippen LogP contribution is 2.28. The van der Waals surface area contributed by atoms with Crippen LogP contribution in [0.3, 0.4) is 0 Å². The Morgan fingerprint density at radius 3 is 2.80 bits per heavy atom. The van der Waals surface area contributed by atoms with Crippen LogP contribution in [0.25, 0.3) is 0 Å². The maximum absolute atomic E-state index is 13.4. The minimum atomic E-state index is -1.25. The summed E-state index contributed by atoms with van der Waals surface area (Å²) in [5.41, 5.74) is 6.14. The third kappa shape index (κ3) is 2.72. The van der Waals surface area contributed by atoms with Gasteiger partial charge in [-0.25, -0.2) is 14.2 Å². The van der Waals surface area contributed by atoms with Crippen LogP contribution < -0.4 is 10.6 Å². The number of anilines is 2. The number of hydrogen-bond acceptors (Lipinski definition) is 5. The van der Waals surface area contributed by atoms with Crippen LogP contribution in [-0.4, -0.2) is 23.1 Å². The summed E-state index contributed by atoms with van der Waals surface area (Å²) in [5, 5.41) is 12.0. The molecule has 3 N–H and O–H groups in total. The fraction of sp³-hybridized carbons (Fsp3) is 0.231. The Kier molecular flexibility index (Phi) is 3.89. The van der Waals surface area contributed by atoms with Crippen LogP contribution in [0.5, 0.6) is 0 Å². The normalized spacial score (nSPS) is 10.6. The van der Waals surface area contributed by atoms with Gasteiger partial charge in [0.15, 0.2) is 0 Å². The van der Waals surface area contributed by atoms with Gasteiger partial charge in [0.2, 0.25) is 0 Å². The highest BCUT2D eigenvalue weighted by atomic mass is 32.1. The number of carboxylic acid groups (broad SMARTS) is 1. The number of aryl methyl sites for hydroxylation is 1. The van der Waals surface area contributed by atoms with Crippen molar-refractivity contribution in [2.24, 2.45) is 0 Å². The summed E-state index contributed by atoms with van der Waals surface area (Å²) in [7, 11) is 1.72. The summed E-state index contributed by atoms with van der Waals surface area (Å²) in [6.07, 6.45) is 0. The van der Waals surface area contributed by atoms with Gasteiger partial charge in [-0.1, -0.05) is 0 Å². The lowest BCUT2D eigenvalue weighted by atomic mass is 10.1. The van der Waals surface area contributed by atoms with Crippen molar-refractivity contribution in [3.63, 3.8) is 0 Å². The molecule has 0 aliphatic rings. The molecule has 1 aromatic heterocycles. The summed E-state index contributed by atoms with van der Waals surface area (Å²) in [6.45, 7) is 2.32. The summed E-state index contributed by atoms with van der Waals surface area (Å²) in [5.74, 6) is -1.98. The molecule has 0 aliphatic heterocycles. The predicted molar refractivity (Wildman–Crippen MR) is 76.7 cm³/mol. The van der Waals surface area contributed by atoms with Crippen molar-refractivity contribution in [1.29, 1.82) is 0 Å². The SMILES string of the molecule is Cc1nc(CN(C)c2ccc(F)c(N)c2C(=O)O)cs1. The third-order valence-electron chi connectivity index (χ3n) is 2.86. The number of thiazole rings is 1. The van der Waals surface area contributed by atoms with E-state index in [1.165, 1.54) is 23.5 Å². The predicted octanol–water partition coefficient (Wildman–Crippen LogP) is 2.51. The fourth-order valence-corrected chi connectivity index (χ4v) is 2.54. The van der Waals surface area contributed by atoms with Crippen molar-refractivity contribution >= 4 is 28.7 Å². The van der Waals surface area contributed by atoms with Crippen molar-refractivity contribution in [2.75, 3.05) is 17.7 Å². The monoisotopic (exact) mass is 295 g/mol. The van der Waals surface area contributed by atoms with Crippen LogP contribution >= 0.6 is 11.3 Å². The average Bonchev–Trinajstić information content (AvgIpc) is 2.77. The average molecular weight is 295 g/mol. The quantitative estimate of drug-likeness (QED) is 0.847. The number of carboxylic acids is 1. The second kappa shape index (κ2) is 5.46. The molecule has 0 fully saturated rings. The van der Waals surface area contributed by atoms with Gasteiger partial charge in [-0.2, -0.15) is 0 Å². The highest BCUT2D eigenvalue weighted by molar-refractivity contribution is 7.09. The zero-order valence-electron chi connectivity index (χ0n) is 11.1. The molecule has 0 unspecified atom stereocenters. The summed E-state index contributed by atoms with van der Waals surface area (Å²) in [4.78, 5) is 17.3. The molecule has 1 heterocycles. The molecule has 0 saturated carbocycles. The first kappa shape index (κ1) is 14.3. The van der Waals surface area contributed by atoms with E-state index in [0.29, 0.717) is 12.2 Å². The lowest BCUT2D eigenvalue weighted by Crippen LogP contribution is -2.21. The number of rotatable bonds is 4. The largest absolute Gasteiger partial charge is 0.478 e. The van der Waals surface area contributed by atoms with E-state index in [4.69, 9.17) is 5.73 Å². The number of carbonyl (C=O) groups is 1. The summed E-state index contributed by atoms with van der Waals surface area (Å²) < 4.78 is 13.4. The van der Waals surface area contributed by atoms with Gasteiger partial charge in [-0.05, 0) is 19.1 Å². The van der Waals surface area contributed by atoms with Crippen LogP contribution in [0.2, 0.25) is 0 Å². The van der Waals surface area contributed by atoms with E-state index in [0.717, 1.165) is 10.7 Å². The molecule has 0 bridgehead atoms. The van der Waals surface area contributed by atoms with Gasteiger partial charge in [0, 0.05) is 12.4 Å². The number of aromatic nitrogens is 1. The molecule has 5 nitrogen and oxygen atoms in total. The van der Waals surface area contributed by atoms with E-state index in [2.05, 4.69) is 4.98 Å². The Morgan fingerprint density at radius 1 is 1.55 bits per heavy atom. The lowest BCUT2D eigenvalue weighted by Gasteiger charge is -2.21. The smallest absolute Gasteiger partial charge is 0.340 e. The first-order chi connectivity index (χ1) is 9.40. The first-order valence-corrected chi connectivity index (χ1v) is 6.71. The molecule has 7 heteroatoms. The maximum atomic E-state index is 13.4. The summed E-state index contributed by atoms with van der Waals surface area (Å²) >= 11 is 1.52. The van der Waals surface area contributed by atoms with Gasteiger partial charge in [-0.3, -0.25) is 0 Å². The Labute approximate surface area is 119 Å². The van der Waals surface area contributed by atoms with Crippen molar-refractivity contribution in [1.82, 2.24) is 4.98 Å². The van der Waals surface area contributed by atoms with Crippen LogP contribution in [0.1, 0.15) is 21.1 Å². The molecule has 0 atom stereocenters. The number of benzene rings is 1. The molecule has 0 radical (unpaired) electrons. The van der Waals surface area contributed by atoms with Gasteiger partial charge >= 0.3 is 5.97 Å². The van der Waals surface area contributed by atoms with E-state index in [-0.39, 0.29) is 11.3 Å². The Morgan fingerprint density at radius 2 is 2.25 bits per heavy atom.